The lowest BCUT2D eigenvalue weighted by atomic mass is 10.0. The van der Waals surface area contributed by atoms with E-state index in [0.29, 0.717) is 6.42 Å². The number of carbonyl (C=O) groups is 2. The van der Waals surface area contributed by atoms with Crippen LogP contribution in [0.5, 0.6) is 0 Å². The molecule has 0 rings (SSSR count). The van der Waals surface area contributed by atoms with Gasteiger partial charge < -0.3 is 20.1 Å². The van der Waals surface area contributed by atoms with Gasteiger partial charge in [0, 0.05) is 19.4 Å². The molecule has 0 heterocycles. The number of esters is 2. The Morgan fingerprint density at radius 3 is 1.20 bits per heavy atom. The average molecular weight is 990 g/mol. The van der Waals surface area contributed by atoms with E-state index in [1.807, 2.05) is 0 Å². The van der Waals surface area contributed by atoms with Crippen LogP contribution in [0.4, 0.5) is 0 Å². The molecule has 2 atom stereocenters. The van der Waals surface area contributed by atoms with E-state index in [1.54, 1.807) is 0 Å². The number of hydrogen-bond donors (Lipinski definition) is 2. The quantitative estimate of drug-likeness (QED) is 0.0264. The summed E-state index contributed by atoms with van der Waals surface area (Å²) in [5, 5.41) is 0. The Hall–Kier alpha value is -2.29. The van der Waals surface area contributed by atoms with Crippen molar-refractivity contribution in [1.82, 2.24) is 0 Å². The Bertz CT molecular complexity index is 1310. The molecular formula is C59H108NO8P. The molecule has 0 radical (unpaired) electrons. The molecule has 0 aliphatic heterocycles. The number of hydrogen-bond acceptors (Lipinski definition) is 8. The van der Waals surface area contributed by atoms with Crippen LogP contribution in [0.3, 0.4) is 0 Å². The normalized spacial score (nSPS) is 13.5. The first kappa shape index (κ1) is 66.7. The molecule has 9 nitrogen and oxygen atoms in total. The summed E-state index contributed by atoms with van der Waals surface area (Å²) in [6.45, 7) is 3.60. The predicted molar refractivity (Wildman–Crippen MR) is 293 cm³/mol. The summed E-state index contributed by atoms with van der Waals surface area (Å²) < 4.78 is 32.9. The molecule has 0 aromatic rings. The lowest BCUT2D eigenvalue weighted by Gasteiger charge is -2.19. The number of unbranched alkanes of at least 4 members (excludes halogenated alkanes) is 31. The number of ether oxygens (including phenoxy) is 2. The van der Waals surface area contributed by atoms with Crippen molar-refractivity contribution in [3.05, 3.63) is 60.8 Å². The minimum Gasteiger partial charge on any atom is -0.462 e. The molecule has 0 bridgehead atoms. The summed E-state index contributed by atoms with van der Waals surface area (Å²) >= 11 is 0. The molecular weight excluding hydrogens is 882 g/mol. The molecule has 0 spiro atoms. The zero-order valence-electron chi connectivity index (χ0n) is 44.8. The first-order valence-corrected chi connectivity index (χ1v) is 30.3. The van der Waals surface area contributed by atoms with Crippen molar-refractivity contribution in [3.8, 4) is 0 Å². The van der Waals surface area contributed by atoms with Crippen LogP contribution in [0.25, 0.3) is 0 Å². The Balaban J connectivity index is 3.76. The fourth-order valence-corrected chi connectivity index (χ4v) is 8.90. The maximum Gasteiger partial charge on any atom is 0.472 e. The van der Waals surface area contributed by atoms with Crippen LogP contribution in [-0.4, -0.2) is 49.3 Å². The maximum absolute atomic E-state index is 12.7. The highest BCUT2D eigenvalue weighted by atomic mass is 31.2. The van der Waals surface area contributed by atoms with E-state index < -0.39 is 26.5 Å². The molecule has 10 heteroatoms. The van der Waals surface area contributed by atoms with Crippen LogP contribution in [0.15, 0.2) is 60.8 Å². The van der Waals surface area contributed by atoms with Gasteiger partial charge in [-0.1, -0.05) is 248 Å². The summed E-state index contributed by atoms with van der Waals surface area (Å²) in [5.74, 6) is -0.831. The number of phosphoric ester groups is 1. The van der Waals surface area contributed by atoms with Crippen molar-refractivity contribution in [3.63, 3.8) is 0 Å². The summed E-state index contributed by atoms with van der Waals surface area (Å²) in [7, 11) is -4.38. The molecule has 0 saturated carbocycles. The van der Waals surface area contributed by atoms with Gasteiger partial charge in [-0.05, 0) is 70.6 Å². The second kappa shape index (κ2) is 55.0. The van der Waals surface area contributed by atoms with E-state index in [2.05, 4.69) is 74.6 Å². The van der Waals surface area contributed by atoms with Crippen molar-refractivity contribution in [1.29, 1.82) is 0 Å². The summed E-state index contributed by atoms with van der Waals surface area (Å²) in [6, 6.07) is 0. The van der Waals surface area contributed by atoms with Gasteiger partial charge >= 0.3 is 19.8 Å². The fraction of sp³-hybridized carbons (Fsp3) is 0.797. The van der Waals surface area contributed by atoms with Crippen LogP contribution in [0.1, 0.15) is 271 Å². The van der Waals surface area contributed by atoms with Crippen LogP contribution < -0.4 is 5.73 Å². The van der Waals surface area contributed by atoms with Gasteiger partial charge in [0.2, 0.25) is 0 Å². The highest BCUT2D eigenvalue weighted by Crippen LogP contribution is 2.43. The molecule has 2 unspecified atom stereocenters. The van der Waals surface area contributed by atoms with Gasteiger partial charge in [0.05, 0.1) is 13.2 Å². The first-order valence-electron chi connectivity index (χ1n) is 28.8. The second-order valence-electron chi connectivity index (χ2n) is 19.1. The van der Waals surface area contributed by atoms with Crippen LogP contribution >= 0.6 is 7.82 Å². The minimum absolute atomic E-state index is 0.0529. The smallest absolute Gasteiger partial charge is 0.462 e. The van der Waals surface area contributed by atoms with Crippen molar-refractivity contribution in [2.75, 3.05) is 26.4 Å². The van der Waals surface area contributed by atoms with Gasteiger partial charge in [0.1, 0.15) is 6.61 Å². The van der Waals surface area contributed by atoms with E-state index in [9.17, 15) is 19.0 Å². The second-order valence-corrected chi connectivity index (χ2v) is 20.6. The molecule has 3 N–H and O–H groups in total. The zero-order valence-corrected chi connectivity index (χ0v) is 45.7. The van der Waals surface area contributed by atoms with Crippen LogP contribution in [0.2, 0.25) is 0 Å². The van der Waals surface area contributed by atoms with Crippen molar-refractivity contribution < 1.29 is 37.6 Å². The Labute approximate surface area is 425 Å². The van der Waals surface area contributed by atoms with E-state index >= 15 is 0 Å². The van der Waals surface area contributed by atoms with E-state index in [0.717, 1.165) is 83.5 Å². The third-order valence-corrected chi connectivity index (χ3v) is 13.4. The molecule has 0 aromatic carbocycles. The molecule has 0 aliphatic carbocycles. The molecule has 0 aliphatic rings. The lowest BCUT2D eigenvalue weighted by Crippen LogP contribution is -2.29. The van der Waals surface area contributed by atoms with Gasteiger partial charge in [0.15, 0.2) is 6.10 Å². The molecule has 0 fully saturated rings. The van der Waals surface area contributed by atoms with Gasteiger partial charge in [-0.15, -0.1) is 0 Å². The largest absolute Gasteiger partial charge is 0.472 e. The molecule has 0 aromatic heterocycles. The fourth-order valence-electron chi connectivity index (χ4n) is 8.14. The summed E-state index contributed by atoms with van der Waals surface area (Å²) in [4.78, 5) is 35.0. The van der Waals surface area contributed by atoms with Crippen molar-refractivity contribution >= 4 is 19.8 Å². The zero-order chi connectivity index (χ0) is 50.2. The SMILES string of the molecule is CC/C=C\C/C=C\C/C=C\C/C=C\CCCCCCCCCCCCCCCCCCCCCCCCCCC(=O)OC(COC(=O)CCCCCCC/C=C\CCCC)COP(=O)(O)OCCN. The maximum atomic E-state index is 12.7. The van der Waals surface area contributed by atoms with Gasteiger partial charge in [-0.3, -0.25) is 18.6 Å². The Morgan fingerprint density at radius 1 is 0.449 bits per heavy atom. The Morgan fingerprint density at radius 2 is 0.797 bits per heavy atom. The highest BCUT2D eigenvalue weighted by Gasteiger charge is 2.26. The average Bonchev–Trinajstić information content (AvgIpc) is 3.34. The third-order valence-electron chi connectivity index (χ3n) is 12.4. The topological polar surface area (TPSA) is 134 Å². The van der Waals surface area contributed by atoms with Gasteiger partial charge in [0.25, 0.3) is 0 Å². The molecule has 69 heavy (non-hydrogen) atoms. The first-order chi connectivity index (χ1) is 33.8. The van der Waals surface area contributed by atoms with Crippen molar-refractivity contribution in [2.24, 2.45) is 5.73 Å². The summed E-state index contributed by atoms with van der Waals surface area (Å²) in [5.41, 5.74) is 5.37. The number of phosphoric acid groups is 1. The molecule has 0 saturated heterocycles. The summed E-state index contributed by atoms with van der Waals surface area (Å²) in [6.07, 6.45) is 68.8. The third kappa shape index (κ3) is 54.9. The van der Waals surface area contributed by atoms with Crippen LogP contribution in [-0.2, 0) is 32.7 Å². The Kier molecular flexibility index (Phi) is 53.2. The molecule has 402 valence electrons. The lowest BCUT2D eigenvalue weighted by molar-refractivity contribution is -0.161. The molecule has 0 amide bonds. The van der Waals surface area contributed by atoms with E-state index in [4.69, 9.17) is 24.3 Å². The van der Waals surface area contributed by atoms with Gasteiger partial charge in [-0.2, -0.15) is 0 Å². The monoisotopic (exact) mass is 990 g/mol. The van der Waals surface area contributed by atoms with Crippen molar-refractivity contribution in [2.45, 2.75) is 277 Å². The van der Waals surface area contributed by atoms with E-state index in [-0.39, 0.29) is 38.6 Å². The number of nitrogens with two attached hydrogens (primary N) is 1. The highest BCUT2D eigenvalue weighted by molar-refractivity contribution is 7.47. The predicted octanol–water partition coefficient (Wildman–Crippen LogP) is 18.0. The van der Waals surface area contributed by atoms with Crippen LogP contribution in [0, 0.1) is 0 Å². The standard InChI is InChI=1S/C59H108NO8P/c1-3-5-7-9-11-13-15-16-17-18-19-20-21-22-23-24-25-26-27-28-29-30-31-32-33-34-35-36-37-38-39-40-42-44-46-48-50-52-59(62)68-57(56-67-69(63,64)66-54-53-60)55-65-58(61)51-49-47-45-43-41-14-12-10-8-6-4-2/h5,7,10-13,16-17,19-20,57H,3-4,6,8-9,14-15,18,21-56,60H2,1-2H3,(H,63,64)/b7-5-,12-10-,13-11-,17-16-,20-19-. The minimum atomic E-state index is -4.38. The number of allylic oxidation sites excluding steroid dienone is 10. The number of rotatable bonds is 54. The van der Waals surface area contributed by atoms with E-state index in [1.165, 1.54) is 154 Å². The van der Waals surface area contributed by atoms with Gasteiger partial charge in [-0.25, -0.2) is 4.57 Å². The number of carbonyl (C=O) groups excluding carboxylic acids is 2.